The van der Waals surface area contributed by atoms with Crippen LogP contribution in [0.4, 0.5) is 0 Å². The molecular weight excluding hydrogens is 376 g/mol. The lowest BCUT2D eigenvalue weighted by Crippen LogP contribution is -2.34. The van der Waals surface area contributed by atoms with Gasteiger partial charge in [0.1, 0.15) is 11.9 Å². The van der Waals surface area contributed by atoms with E-state index in [4.69, 9.17) is 9.15 Å². The average molecular weight is 398 g/mol. The number of hydrogen-bond donors (Lipinski definition) is 1. The minimum Gasteiger partial charge on any atom is -0.487 e. The molecule has 0 radical (unpaired) electrons. The molecule has 0 saturated carbocycles. The highest BCUT2D eigenvalue weighted by Gasteiger charge is 2.27. The molecular formula is C25H22N2O3. The first-order valence-electron chi connectivity index (χ1n) is 10.1. The molecule has 150 valence electrons. The molecule has 5 nitrogen and oxygen atoms in total. The van der Waals surface area contributed by atoms with Crippen LogP contribution in [0.1, 0.15) is 27.4 Å². The number of hydrogen-bond acceptors (Lipinski definition) is 4. The van der Waals surface area contributed by atoms with Crippen LogP contribution in [-0.2, 0) is 6.42 Å². The average Bonchev–Trinajstić information content (AvgIpc) is 3.41. The third kappa shape index (κ3) is 3.43. The maximum Gasteiger partial charge on any atom is 0.287 e. The summed E-state index contributed by atoms with van der Waals surface area (Å²) in [5.41, 5.74) is 6.54. The van der Waals surface area contributed by atoms with Crippen LogP contribution in [0.5, 0.6) is 5.75 Å². The first kappa shape index (κ1) is 18.4. The molecule has 1 aliphatic rings. The van der Waals surface area contributed by atoms with E-state index in [1.165, 1.54) is 17.4 Å². The van der Waals surface area contributed by atoms with Crippen molar-refractivity contribution in [2.24, 2.45) is 0 Å². The summed E-state index contributed by atoms with van der Waals surface area (Å²) in [4.78, 5) is 16.8. The van der Waals surface area contributed by atoms with Gasteiger partial charge in [0.15, 0.2) is 5.76 Å². The first-order chi connectivity index (χ1) is 14.6. The van der Waals surface area contributed by atoms with Gasteiger partial charge in [0.25, 0.3) is 5.91 Å². The van der Waals surface area contributed by atoms with Gasteiger partial charge < -0.3 is 14.5 Å². The number of ether oxygens (including phenoxy) is 1. The molecule has 1 unspecified atom stereocenters. The highest BCUT2D eigenvalue weighted by molar-refractivity contribution is 5.91. The quantitative estimate of drug-likeness (QED) is 0.534. The molecule has 1 N–H and O–H groups in total. The summed E-state index contributed by atoms with van der Waals surface area (Å²) < 4.78 is 11.4. The lowest BCUT2D eigenvalue weighted by Gasteiger charge is -2.14. The molecule has 5 rings (SSSR count). The number of furan rings is 1. The van der Waals surface area contributed by atoms with Gasteiger partial charge in [-0.1, -0.05) is 18.2 Å². The minimum atomic E-state index is -0.228. The van der Waals surface area contributed by atoms with Crippen LogP contribution in [-0.4, -0.2) is 23.5 Å². The van der Waals surface area contributed by atoms with Crippen molar-refractivity contribution in [2.75, 3.05) is 6.54 Å². The van der Waals surface area contributed by atoms with Crippen molar-refractivity contribution in [2.45, 2.75) is 26.4 Å². The lowest BCUT2D eigenvalue weighted by molar-refractivity contribution is 0.0906. The third-order valence-electron chi connectivity index (χ3n) is 5.42. The van der Waals surface area contributed by atoms with Crippen molar-refractivity contribution in [3.05, 3.63) is 83.4 Å². The van der Waals surface area contributed by atoms with Crippen LogP contribution < -0.4 is 10.1 Å². The zero-order valence-corrected chi connectivity index (χ0v) is 16.9. The minimum absolute atomic E-state index is 0.107. The van der Waals surface area contributed by atoms with Gasteiger partial charge in [0.2, 0.25) is 0 Å². The fourth-order valence-electron chi connectivity index (χ4n) is 4.02. The second kappa shape index (κ2) is 7.34. The Morgan fingerprint density at radius 3 is 2.87 bits per heavy atom. The fourth-order valence-corrected chi connectivity index (χ4v) is 4.02. The van der Waals surface area contributed by atoms with E-state index < -0.39 is 0 Å². The van der Waals surface area contributed by atoms with Crippen LogP contribution >= 0.6 is 0 Å². The molecule has 30 heavy (non-hydrogen) atoms. The lowest BCUT2D eigenvalue weighted by atomic mass is 9.97. The van der Waals surface area contributed by atoms with E-state index in [1.807, 2.05) is 13.0 Å². The van der Waals surface area contributed by atoms with Gasteiger partial charge in [-0.3, -0.25) is 9.78 Å². The highest BCUT2D eigenvalue weighted by atomic mass is 16.5. The Kier molecular flexibility index (Phi) is 4.51. The molecule has 0 bridgehead atoms. The second-order valence-electron chi connectivity index (χ2n) is 7.79. The molecule has 4 aromatic rings. The van der Waals surface area contributed by atoms with Gasteiger partial charge in [0, 0.05) is 23.1 Å². The Morgan fingerprint density at radius 2 is 2.03 bits per heavy atom. The summed E-state index contributed by atoms with van der Waals surface area (Å²) in [6.07, 6.45) is 2.15. The molecule has 1 atom stereocenters. The van der Waals surface area contributed by atoms with E-state index in [0.717, 1.165) is 39.9 Å². The predicted molar refractivity (Wildman–Crippen MR) is 116 cm³/mol. The number of carbonyl (C=O) groups excluding carboxylic acids is 1. The summed E-state index contributed by atoms with van der Waals surface area (Å²) in [6.45, 7) is 4.52. The summed E-state index contributed by atoms with van der Waals surface area (Å²) >= 11 is 0. The number of nitrogens with one attached hydrogen (secondary N) is 1. The number of aryl methyl sites for hydroxylation is 2. The van der Waals surface area contributed by atoms with Gasteiger partial charge in [-0.25, -0.2) is 0 Å². The van der Waals surface area contributed by atoms with Crippen molar-refractivity contribution in [3.8, 4) is 16.9 Å². The Bertz CT molecular complexity index is 1240. The maximum atomic E-state index is 12.2. The third-order valence-corrected chi connectivity index (χ3v) is 5.42. The van der Waals surface area contributed by atoms with Crippen molar-refractivity contribution in [1.29, 1.82) is 0 Å². The number of rotatable bonds is 4. The standard InChI is InChI=1S/C25H22N2O3/c1-15-10-19-13-20(14-26-25(28)23-4-3-9-29-23)30-24(19)21(11-15)17-7-8-22-18(12-17)6-5-16(2)27-22/h3-12,20H,13-14H2,1-2H3,(H,26,28). The summed E-state index contributed by atoms with van der Waals surface area (Å²) in [5.74, 6) is 0.979. The van der Waals surface area contributed by atoms with Crippen molar-refractivity contribution in [3.63, 3.8) is 0 Å². The molecule has 0 saturated heterocycles. The van der Waals surface area contributed by atoms with E-state index >= 15 is 0 Å². The number of benzene rings is 2. The molecule has 0 fully saturated rings. The van der Waals surface area contributed by atoms with Crippen LogP contribution in [0.2, 0.25) is 0 Å². The van der Waals surface area contributed by atoms with Gasteiger partial charge in [-0.2, -0.15) is 0 Å². The van der Waals surface area contributed by atoms with Crippen LogP contribution in [0.15, 0.2) is 65.3 Å². The van der Waals surface area contributed by atoms with Crippen LogP contribution in [0.3, 0.4) is 0 Å². The Labute approximate surface area is 174 Å². The molecule has 3 heterocycles. The molecule has 2 aromatic heterocycles. The zero-order valence-electron chi connectivity index (χ0n) is 16.9. The van der Waals surface area contributed by atoms with Crippen molar-refractivity contribution in [1.82, 2.24) is 10.3 Å². The Hall–Kier alpha value is -3.60. The van der Waals surface area contributed by atoms with Crippen molar-refractivity contribution >= 4 is 16.8 Å². The summed E-state index contributed by atoms with van der Waals surface area (Å²) in [6, 6.07) is 18.1. The normalized spacial score (nSPS) is 15.1. The van der Waals surface area contributed by atoms with E-state index in [2.05, 4.69) is 53.6 Å². The smallest absolute Gasteiger partial charge is 0.287 e. The monoisotopic (exact) mass is 398 g/mol. The molecule has 0 aliphatic carbocycles. The second-order valence-corrected chi connectivity index (χ2v) is 7.79. The predicted octanol–water partition coefficient (Wildman–Crippen LogP) is 4.85. The van der Waals surface area contributed by atoms with E-state index in [0.29, 0.717) is 12.3 Å². The summed E-state index contributed by atoms with van der Waals surface area (Å²) in [5, 5.41) is 4.00. The summed E-state index contributed by atoms with van der Waals surface area (Å²) in [7, 11) is 0. The van der Waals surface area contributed by atoms with Gasteiger partial charge >= 0.3 is 0 Å². The number of amides is 1. The number of fused-ring (bicyclic) bond motifs is 2. The Morgan fingerprint density at radius 1 is 1.13 bits per heavy atom. The maximum absolute atomic E-state index is 12.2. The van der Waals surface area contributed by atoms with Gasteiger partial charge in [-0.05, 0) is 66.9 Å². The number of nitrogens with zero attached hydrogens (tertiary/aromatic N) is 1. The topological polar surface area (TPSA) is 64.4 Å². The molecule has 1 aliphatic heterocycles. The van der Waals surface area contributed by atoms with Crippen molar-refractivity contribution < 1.29 is 13.9 Å². The molecule has 5 heteroatoms. The molecule has 1 amide bonds. The van der Waals surface area contributed by atoms with Crippen LogP contribution in [0, 0.1) is 13.8 Å². The first-order valence-corrected chi connectivity index (χ1v) is 10.1. The van der Waals surface area contributed by atoms with Gasteiger partial charge in [-0.15, -0.1) is 0 Å². The Balaban J connectivity index is 1.41. The molecule has 2 aromatic carbocycles. The zero-order chi connectivity index (χ0) is 20.7. The SMILES string of the molecule is Cc1cc2c(c(-c3ccc4nc(C)ccc4c3)c1)OC(CNC(=O)c1ccco1)C2. The van der Waals surface area contributed by atoms with Crippen LogP contribution in [0.25, 0.3) is 22.0 Å². The number of pyridine rings is 1. The molecule has 0 spiro atoms. The highest BCUT2D eigenvalue weighted by Crippen LogP contribution is 2.40. The largest absolute Gasteiger partial charge is 0.487 e. The van der Waals surface area contributed by atoms with E-state index in [9.17, 15) is 4.79 Å². The fraction of sp³-hybridized carbons (Fsp3) is 0.200. The van der Waals surface area contributed by atoms with Gasteiger partial charge in [0.05, 0.1) is 18.3 Å². The number of aromatic nitrogens is 1. The van der Waals surface area contributed by atoms with E-state index in [-0.39, 0.29) is 12.0 Å². The van der Waals surface area contributed by atoms with E-state index in [1.54, 1.807) is 12.1 Å². The number of carbonyl (C=O) groups is 1.